The van der Waals surface area contributed by atoms with Crippen LogP contribution in [0, 0.1) is 6.92 Å². The normalized spacial score (nSPS) is 21.4. The maximum atomic E-state index is 12.5. The maximum absolute atomic E-state index is 12.5. The predicted molar refractivity (Wildman–Crippen MR) is 107 cm³/mol. The molecular formula is C23H29NO3. The molecule has 0 aliphatic carbocycles. The van der Waals surface area contributed by atoms with Gasteiger partial charge < -0.3 is 14.4 Å². The van der Waals surface area contributed by atoms with Crippen molar-refractivity contribution in [2.75, 3.05) is 20.8 Å². The third-order valence-electron chi connectivity index (χ3n) is 5.12. The zero-order chi connectivity index (χ0) is 19.2. The minimum atomic E-state index is 0.128. The highest BCUT2D eigenvalue weighted by atomic mass is 16.5. The monoisotopic (exact) mass is 367 g/mol. The van der Waals surface area contributed by atoms with Crippen LogP contribution in [0.25, 0.3) is 0 Å². The fraction of sp³-hybridized carbons (Fsp3) is 0.435. The minimum absolute atomic E-state index is 0.128. The summed E-state index contributed by atoms with van der Waals surface area (Å²) in [5.41, 5.74) is 4.50. The van der Waals surface area contributed by atoms with Crippen LogP contribution in [0.3, 0.4) is 0 Å². The van der Waals surface area contributed by atoms with Gasteiger partial charge in [0.1, 0.15) is 0 Å². The first-order valence-electron chi connectivity index (χ1n) is 9.61. The van der Waals surface area contributed by atoms with Crippen molar-refractivity contribution in [1.82, 2.24) is 4.90 Å². The molecular weight excluding hydrogens is 338 g/mol. The molecule has 144 valence electrons. The Hall–Kier alpha value is -2.17. The van der Waals surface area contributed by atoms with E-state index in [-0.39, 0.29) is 18.1 Å². The molecule has 0 saturated carbocycles. The summed E-state index contributed by atoms with van der Waals surface area (Å²) in [5.74, 6) is 0.145. The number of nitrogens with zero attached hydrogens (tertiary/aromatic N) is 1. The third-order valence-corrected chi connectivity index (χ3v) is 5.12. The SMILES string of the molecule is COC.Cc1ccc([C@@H]2CCC[C@H](CN3Cc4ccccc4C3=O)O2)cc1. The number of ether oxygens (including phenoxy) is 2. The van der Waals surface area contributed by atoms with Crippen molar-refractivity contribution in [3.8, 4) is 0 Å². The van der Waals surface area contributed by atoms with Gasteiger partial charge in [-0.25, -0.2) is 0 Å². The molecule has 2 heterocycles. The molecule has 2 atom stereocenters. The molecule has 2 aliphatic rings. The van der Waals surface area contributed by atoms with Crippen LogP contribution in [0.15, 0.2) is 48.5 Å². The number of amides is 1. The number of fused-ring (bicyclic) bond motifs is 1. The van der Waals surface area contributed by atoms with Crippen LogP contribution in [0.2, 0.25) is 0 Å². The van der Waals surface area contributed by atoms with Gasteiger partial charge in [-0.05, 0) is 43.4 Å². The second kappa shape index (κ2) is 9.16. The lowest BCUT2D eigenvalue weighted by atomic mass is 9.97. The molecule has 4 rings (SSSR count). The summed E-state index contributed by atoms with van der Waals surface area (Å²) in [6.45, 7) is 3.50. The second-order valence-corrected chi connectivity index (χ2v) is 7.34. The van der Waals surface area contributed by atoms with Crippen molar-refractivity contribution in [3.63, 3.8) is 0 Å². The Morgan fingerprint density at radius 1 is 1.07 bits per heavy atom. The van der Waals surface area contributed by atoms with Crippen LogP contribution in [-0.2, 0) is 16.0 Å². The summed E-state index contributed by atoms with van der Waals surface area (Å²) in [5, 5.41) is 0. The van der Waals surface area contributed by atoms with E-state index in [1.54, 1.807) is 14.2 Å². The molecule has 0 bridgehead atoms. The van der Waals surface area contributed by atoms with Gasteiger partial charge in [-0.15, -0.1) is 0 Å². The van der Waals surface area contributed by atoms with Gasteiger partial charge in [0.05, 0.1) is 12.2 Å². The zero-order valence-electron chi connectivity index (χ0n) is 16.5. The van der Waals surface area contributed by atoms with E-state index < -0.39 is 0 Å². The molecule has 2 aromatic carbocycles. The fourth-order valence-corrected chi connectivity index (χ4v) is 3.77. The summed E-state index contributed by atoms with van der Waals surface area (Å²) < 4.78 is 10.6. The van der Waals surface area contributed by atoms with Gasteiger partial charge in [0.15, 0.2) is 0 Å². The number of methoxy groups -OCH3 is 1. The second-order valence-electron chi connectivity index (χ2n) is 7.34. The molecule has 0 radical (unpaired) electrons. The zero-order valence-corrected chi connectivity index (χ0v) is 16.5. The Balaban J connectivity index is 0.000000659. The van der Waals surface area contributed by atoms with Crippen molar-refractivity contribution < 1.29 is 14.3 Å². The number of benzene rings is 2. The van der Waals surface area contributed by atoms with E-state index >= 15 is 0 Å². The number of carbonyl (C=O) groups is 1. The van der Waals surface area contributed by atoms with E-state index in [0.717, 1.165) is 30.4 Å². The van der Waals surface area contributed by atoms with Crippen molar-refractivity contribution in [3.05, 3.63) is 70.8 Å². The van der Waals surface area contributed by atoms with E-state index in [2.05, 4.69) is 35.9 Å². The van der Waals surface area contributed by atoms with E-state index in [0.29, 0.717) is 13.1 Å². The van der Waals surface area contributed by atoms with Crippen LogP contribution in [0.4, 0.5) is 0 Å². The summed E-state index contributed by atoms with van der Waals surface area (Å²) >= 11 is 0. The van der Waals surface area contributed by atoms with Crippen molar-refractivity contribution in [2.45, 2.75) is 44.9 Å². The number of hydrogen-bond donors (Lipinski definition) is 0. The highest BCUT2D eigenvalue weighted by Crippen LogP contribution is 2.33. The number of carbonyl (C=O) groups excluding carboxylic acids is 1. The molecule has 0 N–H and O–H groups in total. The Morgan fingerprint density at radius 2 is 1.78 bits per heavy atom. The van der Waals surface area contributed by atoms with Crippen LogP contribution < -0.4 is 0 Å². The molecule has 1 amide bonds. The summed E-state index contributed by atoms with van der Waals surface area (Å²) in [6, 6.07) is 16.5. The highest BCUT2D eigenvalue weighted by molar-refractivity contribution is 5.98. The summed E-state index contributed by atoms with van der Waals surface area (Å²) in [4.78, 5) is 14.5. The van der Waals surface area contributed by atoms with E-state index in [1.807, 2.05) is 29.2 Å². The van der Waals surface area contributed by atoms with Gasteiger partial charge >= 0.3 is 0 Å². The highest BCUT2D eigenvalue weighted by Gasteiger charge is 2.31. The fourth-order valence-electron chi connectivity index (χ4n) is 3.77. The number of rotatable bonds is 3. The number of aryl methyl sites for hydroxylation is 1. The number of hydrogen-bond acceptors (Lipinski definition) is 3. The molecule has 4 nitrogen and oxygen atoms in total. The Morgan fingerprint density at radius 3 is 2.48 bits per heavy atom. The average molecular weight is 367 g/mol. The van der Waals surface area contributed by atoms with Gasteiger partial charge in [0.2, 0.25) is 0 Å². The lowest BCUT2D eigenvalue weighted by Crippen LogP contribution is -2.36. The molecule has 27 heavy (non-hydrogen) atoms. The van der Waals surface area contributed by atoms with Crippen molar-refractivity contribution in [2.24, 2.45) is 0 Å². The van der Waals surface area contributed by atoms with Gasteiger partial charge in [0, 0.05) is 32.9 Å². The maximum Gasteiger partial charge on any atom is 0.254 e. The topological polar surface area (TPSA) is 38.8 Å². The smallest absolute Gasteiger partial charge is 0.254 e. The lowest BCUT2D eigenvalue weighted by molar-refractivity contribution is -0.0616. The molecule has 0 unspecified atom stereocenters. The third kappa shape index (κ3) is 4.76. The molecule has 1 fully saturated rings. The van der Waals surface area contributed by atoms with Crippen molar-refractivity contribution in [1.29, 1.82) is 0 Å². The molecule has 4 heteroatoms. The molecule has 0 spiro atoms. The molecule has 0 aromatic heterocycles. The standard InChI is InChI=1S/C21H23NO2.C2H6O/c1-15-9-11-16(12-10-15)20-8-4-6-18(24-20)14-22-13-17-5-2-3-7-19(17)21(22)23;1-3-2/h2-3,5,7,9-12,18,20H,4,6,8,13-14H2,1H3;1-2H3/t18-,20+;/m1./s1. The van der Waals surface area contributed by atoms with Crippen LogP contribution in [0.1, 0.15) is 52.4 Å². The lowest BCUT2D eigenvalue weighted by Gasteiger charge is -2.33. The van der Waals surface area contributed by atoms with E-state index in [1.165, 1.54) is 11.1 Å². The average Bonchev–Trinajstić information content (AvgIpc) is 2.99. The largest absolute Gasteiger partial charge is 0.388 e. The quantitative estimate of drug-likeness (QED) is 0.800. The van der Waals surface area contributed by atoms with Gasteiger partial charge in [-0.1, -0.05) is 48.0 Å². The first kappa shape index (κ1) is 19.6. The summed E-state index contributed by atoms with van der Waals surface area (Å²) in [6.07, 6.45) is 3.53. The van der Waals surface area contributed by atoms with E-state index in [9.17, 15) is 4.79 Å². The first-order chi connectivity index (χ1) is 13.1. The van der Waals surface area contributed by atoms with Crippen LogP contribution in [-0.4, -0.2) is 37.7 Å². The molecule has 2 aliphatic heterocycles. The molecule has 2 aromatic rings. The van der Waals surface area contributed by atoms with Crippen molar-refractivity contribution >= 4 is 5.91 Å². The van der Waals surface area contributed by atoms with Gasteiger partial charge in [0.25, 0.3) is 5.91 Å². The predicted octanol–water partition coefficient (Wildman–Crippen LogP) is 4.52. The van der Waals surface area contributed by atoms with E-state index in [4.69, 9.17) is 4.74 Å². The Bertz CT molecular complexity index is 756. The van der Waals surface area contributed by atoms with Crippen LogP contribution >= 0.6 is 0 Å². The summed E-state index contributed by atoms with van der Waals surface area (Å²) in [7, 11) is 3.25. The minimum Gasteiger partial charge on any atom is -0.388 e. The van der Waals surface area contributed by atoms with Gasteiger partial charge in [-0.3, -0.25) is 4.79 Å². The Kier molecular flexibility index (Phi) is 6.64. The molecule has 1 saturated heterocycles. The van der Waals surface area contributed by atoms with Gasteiger partial charge in [-0.2, -0.15) is 0 Å². The van der Waals surface area contributed by atoms with Crippen LogP contribution in [0.5, 0.6) is 0 Å². The first-order valence-corrected chi connectivity index (χ1v) is 9.61. The Labute approximate surface area is 162 Å².